The summed E-state index contributed by atoms with van der Waals surface area (Å²) in [5.74, 6) is -0.102. The maximum Gasteiger partial charge on any atom is 0.309 e. The molecule has 1 aromatic heterocycles. The molecule has 8 heteroatoms. The van der Waals surface area contributed by atoms with Gasteiger partial charge in [0.2, 0.25) is 4.73 Å². The van der Waals surface area contributed by atoms with Crippen molar-refractivity contribution < 1.29 is 14.3 Å². The van der Waals surface area contributed by atoms with Gasteiger partial charge < -0.3 is 4.74 Å². The van der Waals surface area contributed by atoms with Crippen LogP contribution in [0.1, 0.15) is 36.3 Å². The van der Waals surface area contributed by atoms with Crippen LogP contribution in [0.3, 0.4) is 0 Å². The van der Waals surface area contributed by atoms with Gasteiger partial charge in [-0.1, -0.05) is 72.4 Å². The fourth-order valence-corrected chi connectivity index (χ4v) is 5.96. The molecule has 184 valence electrons. The molecule has 36 heavy (non-hydrogen) atoms. The highest BCUT2D eigenvalue weighted by atomic mass is 79.9. The molecule has 1 fully saturated rings. The first kappa shape index (κ1) is 24.7. The van der Waals surface area contributed by atoms with E-state index in [1.165, 1.54) is 42.7 Å². The first-order valence-corrected chi connectivity index (χ1v) is 13.7. The second-order valence-corrected chi connectivity index (χ2v) is 10.7. The number of halogens is 1. The number of aromatic nitrogens is 3. The van der Waals surface area contributed by atoms with Crippen LogP contribution in [0.4, 0.5) is 0 Å². The van der Waals surface area contributed by atoms with E-state index in [0.29, 0.717) is 22.2 Å². The lowest BCUT2D eigenvalue weighted by atomic mass is 9.95. The van der Waals surface area contributed by atoms with Gasteiger partial charge in [-0.15, -0.1) is 10.2 Å². The van der Waals surface area contributed by atoms with E-state index in [9.17, 15) is 9.59 Å². The molecule has 1 unspecified atom stereocenters. The van der Waals surface area contributed by atoms with Crippen LogP contribution in [0, 0.1) is 5.92 Å². The van der Waals surface area contributed by atoms with Crippen LogP contribution < -0.4 is 0 Å². The maximum atomic E-state index is 12.9. The summed E-state index contributed by atoms with van der Waals surface area (Å²) in [6.07, 6.45) is 3.05. The highest BCUT2D eigenvalue weighted by Crippen LogP contribution is 2.44. The molecule has 3 aromatic carbocycles. The van der Waals surface area contributed by atoms with Crippen molar-refractivity contribution in [1.29, 1.82) is 0 Å². The van der Waals surface area contributed by atoms with Crippen molar-refractivity contribution in [3.05, 3.63) is 82.6 Å². The summed E-state index contributed by atoms with van der Waals surface area (Å²) in [5.41, 5.74) is 3.35. The third-order valence-corrected chi connectivity index (χ3v) is 7.98. The normalized spacial score (nSPS) is 14.1. The van der Waals surface area contributed by atoms with Gasteiger partial charge in [-0.3, -0.25) is 14.2 Å². The highest BCUT2D eigenvalue weighted by Gasteiger charge is 2.27. The predicted octanol–water partition coefficient (Wildman–Crippen LogP) is 6.14. The Hall–Kier alpha value is -2.97. The van der Waals surface area contributed by atoms with Crippen LogP contribution in [0.2, 0.25) is 0 Å². The zero-order valence-electron chi connectivity index (χ0n) is 19.9. The monoisotopic (exact) mass is 563 g/mol. The lowest BCUT2D eigenvalue weighted by molar-refractivity contribution is -0.146. The molecule has 1 heterocycles. The number of esters is 1. The summed E-state index contributed by atoms with van der Waals surface area (Å²) >= 11 is 4.87. The Balaban J connectivity index is 1.34. The highest BCUT2D eigenvalue weighted by molar-refractivity contribution is 9.10. The van der Waals surface area contributed by atoms with E-state index in [4.69, 9.17) is 4.74 Å². The molecule has 0 spiro atoms. The summed E-state index contributed by atoms with van der Waals surface area (Å²) in [5, 5.41) is 11.5. The Morgan fingerprint density at radius 2 is 1.75 bits per heavy atom. The van der Waals surface area contributed by atoms with Crippen LogP contribution in [0.5, 0.6) is 0 Å². The summed E-state index contributed by atoms with van der Waals surface area (Å²) < 4.78 is 7.49. The lowest BCUT2D eigenvalue weighted by Gasteiger charge is -2.15. The van der Waals surface area contributed by atoms with Crippen molar-refractivity contribution in [3.63, 3.8) is 0 Å². The molecular formula is C28H26BrN3O3S. The van der Waals surface area contributed by atoms with E-state index in [1.807, 2.05) is 41.0 Å². The molecule has 0 N–H and O–H groups in total. The third kappa shape index (κ3) is 5.39. The number of thioether (sulfide) groups is 1. The molecule has 0 amide bonds. The van der Waals surface area contributed by atoms with Crippen LogP contribution >= 0.6 is 27.7 Å². The molecule has 0 bridgehead atoms. The Labute approximate surface area is 222 Å². The number of rotatable bonds is 10. The first-order chi connectivity index (χ1) is 17.5. The largest absolute Gasteiger partial charge is 0.469 e. The Morgan fingerprint density at radius 1 is 1.03 bits per heavy atom. The van der Waals surface area contributed by atoms with E-state index >= 15 is 0 Å². The number of fused-ring (bicyclic) bond motifs is 1. The number of ketones is 1. The van der Waals surface area contributed by atoms with Crippen molar-refractivity contribution >= 4 is 50.2 Å². The minimum atomic E-state index is -0.519. The second-order valence-electron chi connectivity index (χ2n) is 9.02. The third-order valence-electron chi connectivity index (χ3n) is 6.48. The molecule has 6 nitrogen and oxygen atoms in total. The van der Waals surface area contributed by atoms with Crippen LogP contribution in [0.25, 0.3) is 16.5 Å². The Kier molecular flexibility index (Phi) is 7.53. The van der Waals surface area contributed by atoms with E-state index in [2.05, 4.69) is 56.5 Å². The smallest absolute Gasteiger partial charge is 0.309 e. The van der Waals surface area contributed by atoms with Gasteiger partial charge >= 0.3 is 5.97 Å². The number of carbonyl (C=O) groups is 2. The fraction of sp³-hybridized carbons (Fsp3) is 0.286. The van der Waals surface area contributed by atoms with Crippen molar-refractivity contribution in [2.45, 2.75) is 36.8 Å². The van der Waals surface area contributed by atoms with Gasteiger partial charge in [0.15, 0.2) is 5.16 Å². The average Bonchev–Trinajstić information content (AvgIpc) is 3.69. The second kappa shape index (κ2) is 11.0. The summed E-state index contributed by atoms with van der Waals surface area (Å²) in [7, 11) is 1.36. The van der Waals surface area contributed by atoms with E-state index in [1.54, 1.807) is 0 Å². The zero-order valence-corrected chi connectivity index (χ0v) is 22.3. The molecule has 0 aliphatic heterocycles. The molecule has 1 aliphatic rings. The van der Waals surface area contributed by atoms with Gasteiger partial charge in [0.05, 0.1) is 24.5 Å². The van der Waals surface area contributed by atoms with Crippen molar-refractivity contribution in [2.75, 3.05) is 12.9 Å². The Bertz CT molecular complexity index is 1400. The molecule has 1 aliphatic carbocycles. The number of carbonyl (C=O) groups excluding carboxylic acids is 2. The number of hydrogen-bond acceptors (Lipinski definition) is 6. The van der Waals surface area contributed by atoms with Gasteiger partial charge in [-0.05, 0) is 63.7 Å². The van der Waals surface area contributed by atoms with Gasteiger partial charge in [-0.25, -0.2) is 0 Å². The summed E-state index contributed by atoms with van der Waals surface area (Å²) in [4.78, 5) is 25.3. The Morgan fingerprint density at radius 3 is 2.47 bits per heavy atom. The van der Waals surface area contributed by atoms with E-state index in [0.717, 1.165) is 16.6 Å². The number of ether oxygens (including phenoxy) is 1. The van der Waals surface area contributed by atoms with E-state index < -0.39 is 5.92 Å². The molecule has 1 saturated carbocycles. The zero-order chi connectivity index (χ0) is 25.1. The van der Waals surface area contributed by atoms with Crippen LogP contribution in [-0.4, -0.2) is 39.4 Å². The minimum absolute atomic E-state index is 0.0362. The number of hydrogen-bond donors (Lipinski definition) is 0. The maximum absolute atomic E-state index is 12.9. The summed E-state index contributed by atoms with van der Waals surface area (Å²) in [6.45, 7) is 0. The number of nitrogens with zero attached hydrogens (tertiary/aromatic N) is 3. The fourth-order valence-electron chi connectivity index (χ4n) is 4.58. The van der Waals surface area contributed by atoms with E-state index in [-0.39, 0.29) is 23.9 Å². The van der Waals surface area contributed by atoms with Gasteiger partial charge in [0, 0.05) is 11.8 Å². The van der Waals surface area contributed by atoms with Gasteiger partial charge in [-0.2, -0.15) is 0 Å². The van der Waals surface area contributed by atoms with Crippen molar-refractivity contribution in [3.8, 4) is 5.69 Å². The van der Waals surface area contributed by atoms with Crippen LogP contribution in [0.15, 0.2) is 76.6 Å². The number of Topliss-reactive ketones (excluding diaryl/α,β-unsaturated/α-hetero) is 1. The van der Waals surface area contributed by atoms with Gasteiger partial charge in [0.25, 0.3) is 0 Å². The summed E-state index contributed by atoms with van der Waals surface area (Å²) in [6, 6.07) is 22.4. The van der Waals surface area contributed by atoms with Crippen molar-refractivity contribution in [2.24, 2.45) is 5.92 Å². The standard InChI is InChI=1S/C28H26BrN3O3S/c1-35-26(34)20(15-18-7-3-2-4-8-18)16-21(33)17-36-28-31-30-27(29)32(28)25-14-13-22(19-11-12-19)23-9-5-6-10-24(23)25/h2-10,13-14,19-20H,11-12,15-17H2,1H3. The molecular weight excluding hydrogens is 538 g/mol. The average molecular weight is 565 g/mol. The lowest BCUT2D eigenvalue weighted by Crippen LogP contribution is -2.23. The molecule has 4 aromatic rings. The molecule has 0 radical (unpaired) electrons. The minimum Gasteiger partial charge on any atom is -0.469 e. The van der Waals surface area contributed by atoms with Crippen molar-refractivity contribution in [1.82, 2.24) is 14.8 Å². The quantitative estimate of drug-likeness (QED) is 0.170. The molecule has 5 rings (SSSR count). The number of benzene rings is 3. The first-order valence-electron chi connectivity index (χ1n) is 11.9. The SMILES string of the molecule is COC(=O)C(CC(=O)CSc1nnc(Br)n1-c1ccc(C2CC2)c2ccccc12)Cc1ccccc1. The number of methoxy groups -OCH3 is 1. The van der Waals surface area contributed by atoms with Gasteiger partial charge in [0.1, 0.15) is 5.78 Å². The molecule has 0 saturated heterocycles. The topological polar surface area (TPSA) is 74.1 Å². The van der Waals surface area contributed by atoms with Crippen LogP contribution in [-0.2, 0) is 20.7 Å². The predicted molar refractivity (Wildman–Crippen MR) is 145 cm³/mol. The molecule has 1 atom stereocenters.